The Labute approximate surface area is 135 Å². The van der Waals surface area contributed by atoms with Crippen LogP contribution in [0.2, 0.25) is 0 Å². The minimum Gasteiger partial charge on any atom is -0.488 e. The number of rotatable bonds is 4. The summed E-state index contributed by atoms with van der Waals surface area (Å²) < 4.78 is 6.61. The number of H-pyrrole nitrogens is 1. The van der Waals surface area contributed by atoms with Crippen molar-refractivity contribution in [1.82, 2.24) is 4.98 Å². The van der Waals surface area contributed by atoms with E-state index in [1.54, 1.807) is 6.92 Å². The molecule has 22 heavy (non-hydrogen) atoms. The molecular weight excluding hydrogens is 346 g/mol. The minimum atomic E-state index is -0.965. The van der Waals surface area contributed by atoms with Crippen molar-refractivity contribution in [3.63, 3.8) is 0 Å². The summed E-state index contributed by atoms with van der Waals surface area (Å²) in [7, 11) is 0. The third kappa shape index (κ3) is 2.60. The van der Waals surface area contributed by atoms with Gasteiger partial charge in [0.05, 0.1) is 4.47 Å². The maximum Gasteiger partial charge on any atom is 0.352 e. The molecule has 2 aromatic carbocycles. The van der Waals surface area contributed by atoms with Crippen molar-refractivity contribution in [2.45, 2.75) is 13.5 Å². The number of hydrogen-bond acceptors (Lipinski definition) is 2. The number of aryl methyl sites for hydroxylation is 1. The Morgan fingerprint density at radius 2 is 1.95 bits per heavy atom. The van der Waals surface area contributed by atoms with Gasteiger partial charge in [-0.2, -0.15) is 0 Å². The maximum absolute atomic E-state index is 11.2. The number of nitrogens with one attached hydrogen (secondary N) is 1. The number of aromatic amines is 1. The smallest absolute Gasteiger partial charge is 0.352 e. The summed E-state index contributed by atoms with van der Waals surface area (Å²) in [6.07, 6.45) is 0. The number of ether oxygens (including phenoxy) is 1. The Balaban J connectivity index is 1.96. The lowest BCUT2D eigenvalue weighted by molar-refractivity contribution is 0.0691. The molecule has 112 valence electrons. The summed E-state index contributed by atoms with van der Waals surface area (Å²) in [5, 5.41) is 10.0. The molecule has 0 fully saturated rings. The highest BCUT2D eigenvalue weighted by Gasteiger charge is 2.17. The van der Waals surface area contributed by atoms with Crippen LogP contribution in [0.3, 0.4) is 0 Å². The number of aromatic carboxylic acids is 1. The number of carbonyl (C=O) groups is 1. The number of carboxylic acids is 1. The molecule has 1 heterocycles. The lowest BCUT2D eigenvalue weighted by Gasteiger charge is -2.09. The van der Waals surface area contributed by atoms with E-state index in [-0.39, 0.29) is 5.69 Å². The van der Waals surface area contributed by atoms with Crippen LogP contribution in [0.15, 0.2) is 46.9 Å². The standard InChI is InChI=1S/C17H14BrNO3/c1-10-14-12(19-16(10)17(20)21)7-8-13(15(14)18)22-9-11-5-3-2-4-6-11/h2-8,19H,9H2,1H3,(H,20,21). The first-order chi connectivity index (χ1) is 10.6. The van der Waals surface area contributed by atoms with Crippen LogP contribution in [-0.2, 0) is 6.61 Å². The molecule has 0 amide bonds. The highest BCUT2D eigenvalue weighted by Crippen LogP contribution is 2.36. The summed E-state index contributed by atoms with van der Waals surface area (Å²) in [6.45, 7) is 2.24. The van der Waals surface area contributed by atoms with Crippen molar-refractivity contribution in [2.75, 3.05) is 0 Å². The summed E-state index contributed by atoms with van der Waals surface area (Å²) in [4.78, 5) is 14.1. The Hall–Kier alpha value is -2.27. The number of halogens is 1. The first-order valence-electron chi connectivity index (χ1n) is 6.78. The van der Waals surface area contributed by atoms with Crippen LogP contribution in [0, 0.1) is 6.92 Å². The highest BCUT2D eigenvalue weighted by atomic mass is 79.9. The third-order valence-electron chi connectivity index (χ3n) is 3.57. The van der Waals surface area contributed by atoms with E-state index in [0.717, 1.165) is 20.9 Å². The van der Waals surface area contributed by atoms with Gasteiger partial charge in [0.2, 0.25) is 0 Å². The molecule has 0 radical (unpaired) electrons. The van der Waals surface area contributed by atoms with Crippen molar-refractivity contribution in [1.29, 1.82) is 0 Å². The van der Waals surface area contributed by atoms with E-state index in [1.807, 2.05) is 42.5 Å². The number of fused-ring (bicyclic) bond motifs is 1. The molecule has 2 N–H and O–H groups in total. The van der Waals surface area contributed by atoms with E-state index in [1.165, 1.54) is 0 Å². The molecule has 0 aliphatic carbocycles. The zero-order chi connectivity index (χ0) is 15.7. The van der Waals surface area contributed by atoms with Gasteiger partial charge in [-0.1, -0.05) is 30.3 Å². The number of hydrogen-bond donors (Lipinski definition) is 2. The quantitative estimate of drug-likeness (QED) is 0.719. The molecule has 3 rings (SSSR count). The number of carboxylic acid groups (broad SMARTS) is 1. The van der Waals surface area contributed by atoms with Gasteiger partial charge in [-0.05, 0) is 46.1 Å². The van der Waals surface area contributed by atoms with E-state index in [0.29, 0.717) is 17.9 Å². The largest absolute Gasteiger partial charge is 0.488 e. The van der Waals surface area contributed by atoms with E-state index >= 15 is 0 Å². The molecule has 0 aliphatic heterocycles. The van der Waals surface area contributed by atoms with Crippen molar-refractivity contribution >= 4 is 32.8 Å². The van der Waals surface area contributed by atoms with Crippen LogP contribution in [0.25, 0.3) is 10.9 Å². The Morgan fingerprint density at radius 3 is 2.64 bits per heavy atom. The molecule has 4 nitrogen and oxygen atoms in total. The SMILES string of the molecule is Cc1c(C(=O)O)[nH]c2ccc(OCc3ccccc3)c(Br)c12. The van der Waals surface area contributed by atoms with Gasteiger partial charge in [-0.15, -0.1) is 0 Å². The second kappa shape index (κ2) is 5.85. The fourth-order valence-corrected chi connectivity index (χ4v) is 3.20. The van der Waals surface area contributed by atoms with Gasteiger partial charge in [0.1, 0.15) is 18.1 Å². The van der Waals surface area contributed by atoms with Crippen LogP contribution in [0.5, 0.6) is 5.75 Å². The lowest BCUT2D eigenvalue weighted by Crippen LogP contribution is -1.98. The Bertz CT molecular complexity index is 840. The van der Waals surface area contributed by atoms with Gasteiger partial charge < -0.3 is 14.8 Å². The fraction of sp³-hybridized carbons (Fsp3) is 0.118. The fourth-order valence-electron chi connectivity index (χ4n) is 2.44. The topological polar surface area (TPSA) is 62.3 Å². The second-order valence-electron chi connectivity index (χ2n) is 5.00. The molecule has 0 unspecified atom stereocenters. The first-order valence-corrected chi connectivity index (χ1v) is 7.58. The van der Waals surface area contributed by atoms with Gasteiger partial charge in [0.15, 0.2) is 0 Å². The van der Waals surface area contributed by atoms with Gasteiger partial charge in [0, 0.05) is 10.9 Å². The molecule has 3 aromatic rings. The van der Waals surface area contributed by atoms with Crippen LogP contribution in [0.4, 0.5) is 0 Å². The van der Waals surface area contributed by atoms with Gasteiger partial charge >= 0.3 is 5.97 Å². The molecular formula is C17H14BrNO3. The molecule has 5 heteroatoms. The summed E-state index contributed by atoms with van der Waals surface area (Å²) in [5.74, 6) is -0.275. The molecule has 0 saturated carbocycles. The molecule has 0 saturated heterocycles. The van der Waals surface area contributed by atoms with Gasteiger partial charge in [-0.25, -0.2) is 4.79 Å². The summed E-state index contributed by atoms with van der Waals surface area (Å²) in [5.41, 5.74) is 2.75. The van der Waals surface area contributed by atoms with Crippen molar-refractivity contribution in [2.24, 2.45) is 0 Å². The second-order valence-corrected chi connectivity index (χ2v) is 5.80. The summed E-state index contributed by atoms with van der Waals surface area (Å²) >= 11 is 3.53. The van der Waals surface area contributed by atoms with E-state index in [9.17, 15) is 9.90 Å². The van der Waals surface area contributed by atoms with Crippen LogP contribution in [0.1, 0.15) is 21.6 Å². The zero-order valence-corrected chi connectivity index (χ0v) is 13.5. The van der Waals surface area contributed by atoms with Crippen LogP contribution in [-0.4, -0.2) is 16.1 Å². The van der Waals surface area contributed by atoms with Crippen molar-refractivity contribution < 1.29 is 14.6 Å². The van der Waals surface area contributed by atoms with E-state index in [2.05, 4.69) is 20.9 Å². The average Bonchev–Trinajstić information content (AvgIpc) is 2.86. The zero-order valence-electron chi connectivity index (χ0n) is 11.9. The minimum absolute atomic E-state index is 0.205. The normalized spacial score (nSPS) is 10.8. The van der Waals surface area contributed by atoms with E-state index in [4.69, 9.17) is 4.74 Å². The predicted molar refractivity (Wildman–Crippen MR) is 88.5 cm³/mol. The highest BCUT2D eigenvalue weighted by molar-refractivity contribution is 9.10. The Morgan fingerprint density at radius 1 is 1.23 bits per heavy atom. The number of benzene rings is 2. The van der Waals surface area contributed by atoms with Gasteiger partial charge in [0.25, 0.3) is 0 Å². The van der Waals surface area contributed by atoms with Crippen LogP contribution < -0.4 is 4.74 Å². The molecule has 0 bridgehead atoms. The van der Waals surface area contributed by atoms with Crippen molar-refractivity contribution in [3.05, 3.63) is 63.8 Å². The number of aromatic nitrogens is 1. The molecule has 0 atom stereocenters. The van der Waals surface area contributed by atoms with Crippen LogP contribution >= 0.6 is 15.9 Å². The summed E-state index contributed by atoms with van der Waals surface area (Å²) in [6, 6.07) is 13.5. The average molecular weight is 360 g/mol. The van der Waals surface area contributed by atoms with E-state index < -0.39 is 5.97 Å². The maximum atomic E-state index is 11.2. The van der Waals surface area contributed by atoms with Crippen molar-refractivity contribution in [3.8, 4) is 5.75 Å². The monoisotopic (exact) mass is 359 g/mol. The third-order valence-corrected chi connectivity index (χ3v) is 4.35. The predicted octanol–water partition coefficient (Wildman–Crippen LogP) is 4.52. The first kappa shape index (κ1) is 14.7. The molecule has 1 aromatic heterocycles. The molecule has 0 spiro atoms. The lowest BCUT2D eigenvalue weighted by atomic mass is 10.1. The van der Waals surface area contributed by atoms with Gasteiger partial charge in [-0.3, -0.25) is 0 Å². The Kier molecular flexibility index (Phi) is 3.90. The molecule has 0 aliphatic rings.